The van der Waals surface area contributed by atoms with Crippen LogP contribution in [0.3, 0.4) is 0 Å². The second kappa shape index (κ2) is 8.16. The Hall–Kier alpha value is -4.00. The molecule has 0 saturated carbocycles. The van der Waals surface area contributed by atoms with Gasteiger partial charge in [-0.05, 0) is 72.9 Å². The number of fused-ring (bicyclic) bond motifs is 3. The predicted octanol–water partition coefficient (Wildman–Crippen LogP) is 6.12. The van der Waals surface area contributed by atoms with E-state index in [1.54, 1.807) is 19.1 Å². The Bertz CT molecular complexity index is 1290. The van der Waals surface area contributed by atoms with E-state index >= 15 is 0 Å². The third kappa shape index (κ3) is 3.86. The number of halogens is 1. The highest BCUT2D eigenvalue weighted by Gasteiger charge is 2.38. The van der Waals surface area contributed by atoms with Crippen LogP contribution in [0.15, 0.2) is 72.8 Å². The Morgan fingerprint density at radius 1 is 1.12 bits per heavy atom. The van der Waals surface area contributed by atoms with Crippen molar-refractivity contribution in [3.8, 4) is 0 Å². The Kier molecular flexibility index (Phi) is 5.17. The second-order valence-electron chi connectivity index (χ2n) is 8.54. The van der Waals surface area contributed by atoms with Crippen molar-refractivity contribution in [2.45, 2.75) is 25.3 Å². The molecule has 7 heteroatoms. The molecule has 0 unspecified atom stereocenters. The van der Waals surface area contributed by atoms with E-state index in [0.717, 1.165) is 23.2 Å². The minimum atomic E-state index is -0.442. The number of anilines is 2. The van der Waals surface area contributed by atoms with Gasteiger partial charge in [0, 0.05) is 34.5 Å². The Morgan fingerprint density at radius 2 is 1.91 bits per heavy atom. The molecule has 1 heterocycles. The number of carbonyl (C=O) groups excluding carboxylic acids is 1. The Labute approximate surface area is 190 Å². The number of hydrogen-bond donors (Lipinski definition) is 2. The molecule has 5 rings (SSSR count). The van der Waals surface area contributed by atoms with Crippen LogP contribution in [-0.4, -0.2) is 10.8 Å². The average Bonchev–Trinajstić information content (AvgIpc) is 3.29. The van der Waals surface area contributed by atoms with Gasteiger partial charge in [-0.25, -0.2) is 4.39 Å². The largest absolute Gasteiger partial charge is 0.378 e. The topological polar surface area (TPSA) is 84.3 Å². The van der Waals surface area contributed by atoms with Crippen LogP contribution < -0.4 is 10.6 Å². The maximum absolute atomic E-state index is 13.4. The van der Waals surface area contributed by atoms with Gasteiger partial charge in [0.2, 0.25) is 0 Å². The van der Waals surface area contributed by atoms with Gasteiger partial charge in [-0.15, -0.1) is 0 Å². The lowest BCUT2D eigenvalue weighted by Gasteiger charge is -2.37. The molecule has 0 aromatic heterocycles. The van der Waals surface area contributed by atoms with Crippen LogP contribution in [0.25, 0.3) is 0 Å². The summed E-state index contributed by atoms with van der Waals surface area (Å²) < 4.78 is 13.4. The molecule has 1 aliphatic carbocycles. The fourth-order valence-corrected chi connectivity index (χ4v) is 4.88. The predicted molar refractivity (Wildman–Crippen MR) is 125 cm³/mol. The van der Waals surface area contributed by atoms with Gasteiger partial charge < -0.3 is 10.6 Å². The molecule has 3 aromatic carbocycles. The monoisotopic (exact) mass is 443 g/mol. The molecular weight excluding hydrogens is 421 g/mol. The van der Waals surface area contributed by atoms with Crippen LogP contribution in [0.5, 0.6) is 0 Å². The molecule has 2 aliphatic rings. The number of carbonyl (C=O) groups is 1. The van der Waals surface area contributed by atoms with Crippen molar-refractivity contribution >= 4 is 23.0 Å². The number of allylic oxidation sites excluding steroid dienone is 2. The summed E-state index contributed by atoms with van der Waals surface area (Å²) in [6.45, 7) is 1.64. The van der Waals surface area contributed by atoms with E-state index in [9.17, 15) is 19.3 Å². The van der Waals surface area contributed by atoms with Crippen molar-refractivity contribution in [3.05, 3.63) is 111 Å². The van der Waals surface area contributed by atoms with Crippen LogP contribution in [-0.2, 0) is 0 Å². The first-order chi connectivity index (χ1) is 15.9. The number of hydrogen-bond acceptors (Lipinski definition) is 4. The van der Waals surface area contributed by atoms with E-state index in [-0.39, 0.29) is 35.3 Å². The minimum Gasteiger partial charge on any atom is -0.378 e. The summed E-state index contributed by atoms with van der Waals surface area (Å²) in [6.07, 6.45) is 5.24. The lowest BCUT2D eigenvalue weighted by atomic mass is 9.76. The molecule has 3 atom stereocenters. The molecular formula is C26H22FN3O3. The van der Waals surface area contributed by atoms with Crippen molar-refractivity contribution in [1.29, 1.82) is 0 Å². The summed E-state index contributed by atoms with van der Waals surface area (Å²) in [4.78, 5) is 23.5. The molecule has 1 aliphatic heterocycles. The van der Waals surface area contributed by atoms with Crippen molar-refractivity contribution < 1.29 is 14.1 Å². The maximum Gasteiger partial charge on any atom is 0.272 e. The zero-order valence-corrected chi connectivity index (χ0v) is 17.9. The number of amides is 1. The fourth-order valence-electron chi connectivity index (χ4n) is 4.88. The molecule has 166 valence electrons. The zero-order chi connectivity index (χ0) is 23.1. The van der Waals surface area contributed by atoms with Gasteiger partial charge in [-0.3, -0.25) is 14.9 Å². The highest BCUT2D eigenvalue weighted by molar-refractivity contribution is 6.04. The number of nitro groups is 1. The first kappa shape index (κ1) is 20.9. The lowest BCUT2D eigenvalue weighted by molar-refractivity contribution is -0.385. The SMILES string of the molecule is Cc1cc(NC(=O)c2ccc3c(c2)[C@@H]2C=CC[C@@H]2[C@@H](c2ccc(F)cc2)N3)ccc1[N+](=O)[O-]. The van der Waals surface area contributed by atoms with Gasteiger partial charge in [-0.1, -0.05) is 24.3 Å². The number of rotatable bonds is 4. The van der Waals surface area contributed by atoms with Crippen molar-refractivity contribution in [2.75, 3.05) is 10.6 Å². The summed E-state index contributed by atoms with van der Waals surface area (Å²) in [5, 5.41) is 17.4. The van der Waals surface area contributed by atoms with Crippen LogP contribution >= 0.6 is 0 Å². The van der Waals surface area contributed by atoms with Crippen molar-refractivity contribution in [1.82, 2.24) is 0 Å². The lowest BCUT2D eigenvalue weighted by Crippen LogP contribution is -2.29. The molecule has 0 fully saturated rings. The summed E-state index contributed by atoms with van der Waals surface area (Å²) >= 11 is 0. The van der Waals surface area contributed by atoms with Crippen LogP contribution in [0.2, 0.25) is 0 Å². The van der Waals surface area contributed by atoms with Crippen molar-refractivity contribution in [2.24, 2.45) is 5.92 Å². The molecule has 3 aromatic rings. The highest BCUT2D eigenvalue weighted by Crippen LogP contribution is 2.50. The van der Waals surface area contributed by atoms with Gasteiger partial charge in [0.1, 0.15) is 5.82 Å². The number of nitrogens with one attached hydrogen (secondary N) is 2. The molecule has 0 bridgehead atoms. The molecule has 33 heavy (non-hydrogen) atoms. The molecule has 1 amide bonds. The fraction of sp³-hybridized carbons (Fsp3) is 0.192. The van der Waals surface area contributed by atoms with Crippen LogP contribution in [0, 0.1) is 28.8 Å². The van der Waals surface area contributed by atoms with Gasteiger partial charge in [-0.2, -0.15) is 0 Å². The number of nitro benzene ring substituents is 1. The highest BCUT2D eigenvalue weighted by atomic mass is 19.1. The van der Waals surface area contributed by atoms with Crippen molar-refractivity contribution in [3.63, 3.8) is 0 Å². The van der Waals surface area contributed by atoms with E-state index in [1.807, 2.05) is 24.3 Å². The summed E-state index contributed by atoms with van der Waals surface area (Å²) in [5.74, 6) is -0.0931. The van der Waals surface area contributed by atoms with Gasteiger partial charge >= 0.3 is 0 Å². The Balaban J connectivity index is 1.41. The first-order valence-electron chi connectivity index (χ1n) is 10.8. The van der Waals surface area contributed by atoms with E-state index < -0.39 is 4.92 Å². The normalized spacial score (nSPS) is 20.5. The minimum absolute atomic E-state index is 0.0163. The maximum atomic E-state index is 13.4. The standard InChI is InChI=1S/C26H22FN3O3/c1-15-13-19(10-12-24(15)30(32)33)28-26(31)17-7-11-23-22(14-17)20-3-2-4-21(20)25(29-23)16-5-8-18(27)9-6-16/h2-3,5-14,20-21,25,29H,4H2,1H3,(H,28,31)/t20-,21+,25-/m1/s1. The quantitative estimate of drug-likeness (QED) is 0.289. The summed E-state index contributed by atoms with van der Waals surface area (Å²) in [5.41, 5.74) is 4.58. The average molecular weight is 443 g/mol. The molecule has 6 nitrogen and oxygen atoms in total. The summed E-state index contributed by atoms with van der Waals surface area (Å²) in [6, 6.07) is 16.8. The van der Waals surface area contributed by atoms with E-state index in [1.165, 1.54) is 24.3 Å². The number of benzene rings is 3. The zero-order valence-electron chi connectivity index (χ0n) is 17.9. The molecule has 0 spiro atoms. The van der Waals surface area contributed by atoms with Crippen LogP contribution in [0.4, 0.5) is 21.5 Å². The van der Waals surface area contributed by atoms with Crippen LogP contribution in [0.1, 0.15) is 45.4 Å². The first-order valence-corrected chi connectivity index (χ1v) is 10.8. The molecule has 0 saturated heterocycles. The number of aryl methyl sites for hydroxylation is 1. The molecule has 2 N–H and O–H groups in total. The van der Waals surface area contributed by atoms with Gasteiger partial charge in [0.25, 0.3) is 11.6 Å². The number of nitrogens with zero attached hydrogens (tertiary/aromatic N) is 1. The molecule has 0 radical (unpaired) electrons. The third-order valence-corrected chi connectivity index (χ3v) is 6.51. The summed E-state index contributed by atoms with van der Waals surface area (Å²) in [7, 11) is 0. The smallest absolute Gasteiger partial charge is 0.272 e. The van der Waals surface area contributed by atoms with E-state index in [0.29, 0.717) is 16.8 Å². The Morgan fingerprint density at radius 3 is 2.64 bits per heavy atom. The van der Waals surface area contributed by atoms with E-state index in [4.69, 9.17) is 0 Å². The van der Waals surface area contributed by atoms with E-state index in [2.05, 4.69) is 22.8 Å². The van der Waals surface area contributed by atoms with Gasteiger partial charge in [0.05, 0.1) is 11.0 Å². The second-order valence-corrected chi connectivity index (χ2v) is 8.54. The third-order valence-electron chi connectivity index (χ3n) is 6.51. The van der Waals surface area contributed by atoms with Gasteiger partial charge in [0.15, 0.2) is 0 Å².